The smallest absolute Gasteiger partial charge is 0.240 e. The number of rotatable bonds is 4. The molecule has 1 saturated heterocycles. The Kier molecular flexibility index (Phi) is 4.66. The number of nitrogens with one attached hydrogen (secondary N) is 1. The molecule has 1 aromatic rings. The standard InChI is InChI=1S/C12H17ClN2O2S2/c1-8-11(14)5-9(13)6-12(8)19(16,17)15-7-10-3-2-4-18-10/h5-6,10,15H,2-4,7,14H2,1H3. The highest BCUT2D eigenvalue weighted by Crippen LogP contribution is 2.28. The molecule has 1 aliphatic heterocycles. The van der Waals surface area contributed by atoms with E-state index in [2.05, 4.69) is 4.72 Å². The first kappa shape index (κ1) is 15.0. The molecule has 0 aliphatic carbocycles. The van der Waals surface area contributed by atoms with Crippen LogP contribution in [0.1, 0.15) is 18.4 Å². The third kappa shape index (κ3) is 3.56. The van der Waals surface area contributed by atoms with E-state index < -0.39 is 10.0 Å². The van der Waals surface area contributed by atoms with E-state index in [9.17, 15) is 8.42 Å². The summed E-state index contributed by atoms with van der Waals surface area (Å²) < 4.78 is 27.2. The largest absolute Gasteiger partial charge is 0.398 e. The fourth-order valence-electron chi connectivity index (χ4n) is 2.04. The average molecular weight is 321 g/mol. The number of thioether (sulfide) groups is 1. The summed E-state index contributed by atoms with van der Waals surface area (Å²) in [5.74, 6) is 1.11. The summed E-state index contributed by atoms with van der Waals surface area (Å²) in [4.78, 5) is 0.167. The summed E-state index contributed by atoms with van der Waals surface area (Å²) in [5.41, 5.74) is 6.69. The number of anilines is 1. The van der Waals surface area contributed by atoms with Gasteiger partial charge in [0.25, 0.3) is 0 Å². The Balaban J connectivity index is 2.19. The van der Waals surface area contributed by atoms with E-state index in [1.165, 1.54) is 6.07 Å². The van der Waals surface area contributed by atoms with Crippen LogP contribution < -0.4 is 10.5 Å². The van der Waals surface area contributed by atoms with Gasteiger partial charge < -0.3 is 5.73 Å². The fourth-order valence-corrected chi connectivity index (χ4v) is 5.02. The van der Waals surface area contributed by atoms with Crippen molar-refractivity contribution in [2.24, 2.45) is 0 Å². The summed E-state index contributed by atoms with van der Waals surface area (Å²) >= 11 is 7.69. The van der Waals surface area contributed by atoms with Crippen molar-refractivity contribution in [2.45, 2.75) is 29.9 Å². The molecule has 0 aromatic heterocycles. The van der Waals surface area contributed by atoms with Gasteiger partial charge in [-0.2, -0.15) is 11.8 Å². The molecule has 1 unspecified atom stereocenters. The molecule has 7 heteroatoms. The Labute approximate surface area is 123 Å². The number of nitrogen functional groups attached to an aromatic ring is 1. The van der Waals surface area contributed by atoms with Crippen LogP contribution in [0, 0.1) is 6.92 Å². The second kappa shape index (κ2) is 5.91. The Morgan fingerprint density at radius 2 is 2.26 bits per heavy atom. The Morgan fingerprint density at radius 1 is 1.53 bits per heavy atom. The molecule has 1 heterocycles. The molecule has 106 valence electrons. The van der Waals surface area contributed by atoms with Crippen LogP contribution in [0.5, 0.6) is 0 Å². The molecular formula is C12H17ClN2O2S2. The molecule has 1 atom stereocenters. The maximum absolute atomic E-state index is 12.3. The van der Waals surface area contributed by atoms with E-state index >= 15 is 0 Å². The van der Waals surface area contributed by atoms with E-state index in [-0.39, 0.29) is 4.90 Å². The fraction of sp³-hybridized carbons (Fsp3) is 0.500. The van der Waals surface area contributed by atoms with Crippen LogP contribution in [0.3, 0.4) is 0 Å². The van der Waals surface area contributed by atoms with Crippen molar-refractivity contribution < 1.29 is 8.42 Å². The minimum absolute atomic E-state index is 0.167. The molecule has 1 aromatic carbocycles. The maximum atomic E-state index is 12.3. The van der Waals surface area contributed by atoms with Gasteiger partial charge in [-0.1, -0.05) is 11.6 Å². The normalized spacial score (nSPS) is 19.8. The summed E-state index contributed by atoms with van der Waals surface area (Å²) in [6.45, 7) is 2.14. The number of hydrogen-bond donors (Lipinski definition) is 2. The van der Waals surface area contributed by atoms with Crippen LogP contribution in [-0.2, 0) is 10.0 Å². The lowest BCUT2D eigenvalue weighted by molar-refractivity contribution is 0.578. The number of benzene rings is 1. The van der Waals surface area contributed by atoms with Gasteiger partial charge in [-0.25, -0.2) is 13.1 Å². The van der Waals surface area contributed by atoms with Crippen molar-refractivity contribution in [1.82, 2.24) is 4.72 Å². The van der Waals surface area contributed by atoms with Crippen LogP contribution in [0.2, 0.25) is 5.02 Å². The molecule has 0 saturated carbocycles. The highest BCUT2D eigenvalue weighted by molar-refractivity contribution is 8.00. The third-order valence-corrected chi connectivity index (χ3v) is 6.35. The van der Waals surface area contributed by atoms with E-state index in [4.69, 9.17) is 17.3 Å². The van der Waals surface area contributed by atoms with E-state index in [1.807, 2.05) is 11.8 Å². The molecular weight excluding hydrogens is 304 g/mol. The first-order valence-corrected chi connectivity index (χ1v) is 8.98. The Hall–Kier alpha value is -0.430. The van der Waals surface area contributed by atoms with Crippen molar-refractivity contribution >= 4 is 39.1 Å². The van der Waals surface area contributed by atoms with Crippen molar-refractivity contribution in [3.63, 3.8) is 0 Å². The lowest BCUT2D eigenvalue weighted by Crippen LogP contribution is -2.30. The molecule has 19 heavy (non-hydrogen) atoms. The lowest BCUT2D eigenvalue weighted by atomic mass is 10.2. The number of halogens is 1. The lowest BCUT2D eigenvalue weighted by Gasteiger charge is -2.14. The molecule has 0 spiro atoms. The van der Waals surface area contributed by atoms with E-state index in [0.29, 0.717) is 28.1 Å². The minimum atomic E-state index is -3.55. The Morgan fingerprint density at radius 3 is 2.89 bits per heavy atom. The van der Waals surface area contributed by atoms with Gasteiger partial charge >= 0.3 is 0 Å². The molecule has 0 bridgehead atoms. The molecule has 4 nitrogen and oxygen atoms in total. The number of nitrogens with two attached hydrogens (primary N) is 1. The SMILES string of the molecule is Cc1c(N)cc(Cl)cc1S(=O)(=O)NCC1CCCS1. The number of sulfonamides is 1. The highest BCUT2D eigenvalue weighted by Gasteiger charge is 2.22. The van der Waals surface area contributed by atoms with Gasteiger partial charge in [-0.3, -0.25) is 0 Å². The summed E-state index contributed by atoms with van der Waals surface area (Å²) in [6, 6.07) is 3.00. The topological polar surface area (TPSA) is 72.2 Å². The van der Waals surface area contributed by atoms with Crippen LogP contribution in [0.15, 0.2) is 17.0 Å². The summed E-state index contributed by atoms with van der Waals surface area (Å²) in [6.07, 6.45) is 2.21. The van der Waals surface area contributed by atoms with Gasteiger partial charge in [-0.15, -0.1) is 0 Å². The quantitative estimate of drug-likeness (QED) is 0.836. The summed E-state index contributed by atoms with van der Waals surface area (Å²) in [7, 11) is -3.55. The Bertz CT molecular complexity index is 569. The highest BCUT2D eigenvalue weighted by atomic mass is 35.5. The molecule has 3 N–H and O–H groups in total. The second-order valence-electron chi connectivity index (χ2n) is 4.61. The van der Waals surface area contributed by atoms with E-state index in [0.717, 1.165) is 18.6 Å². The minimum Gasteiger partial charge on any atom is -0.398 e. The van der Waals surface area contributed by atoms with Crippen LogP contribution in [0.25, 0.3) is 0 Å². The molecule has 1 fully saturated rings. The molecule has 0 amide bonds. The zero-order valence-electron chi connectivity index (χ0n) is 10.6. The predicted molar refractivity (Wildman–Crippen MR) is 81.3 cm³/mol. The average Bonchev–Trinajstić information content (AvgIpc) is 2.84. The van der Waals surface area contributed by atoms with Gasteiger partial charge in [0.05, 0.1) is 4.90 Å². The van der Waals surface area contributed by atoms with Crippen molar-refractivity contribution in [2.75, 3.05) is 18.0 Å². The van der Waals surface area contributed by atoms with E-state index in [1.54, 1.807) is 13.0 Å². The van der Waals surface area contributed by atoms with Crippen LogP contribution in [-0.4, -0.2) is 26.0 Å². The van der Waals surface area contributed by atoms with Gasteiger partial charge in [0.1, 0.15) is 0 Å². The monoisotopic (exact) mass is 320 g/mol. The molecule has 2 rings (SSSR count). The predicted octanol–water partition coefficient (Wildman–Crippen LogP) is 2.40. The van der Waals surface area contributed by atoms with Crippen molar-refractivity contribution in [3.8, 4) is 0 Å². The zero-order valence-corrected chi connectivity index (χ0v) is 13.0. The first-order valence-electron chi connectivity index (χ1n) is 6.07. The van der Waals surface area contributed by atoms with Crippen molar-refractivity contribution in [1.29, 1.82) is 0 Å². The van der Waals surface area contributed by atoms with Crippen LogP contribution >= 0.6 is 23.4 Å². The number of hydrogen-bond acceptors (Lipinski definition) is 4. The third-order valence-electron chi connectivity index (χ3n) is 3.18. The van der Waals surface area contributed by atoms with Crippen molar-refractivity contribution in [3.05, 3.63) is 22.7 Å². The van der Waals surface area contributed by atoms with Crippen LogP contribution in [0.4, 0.5) is 5.69 Å². The van der Waals surface area contributed by atoms with Gasteiger partial charge in [0, 0.05) is 22.5 Å². The van der Waals surface area contributed by atoms with Gasteiger partial charge in [-0.05, 0) is 43.2 Å². The van der Waals surface area contributed by atoms with Gasteiger partial charge in [0.2, 0.25) is 10.0 Å². The zero-order chi connectivity index (χ0) is 14.0. The second-order valence-corrected chi connectivity index (χ2v) is 8.19. The molecule has 1 aliphatic rings. The van der Waals surface area contributed by atoms with Gasteiger partial charge in [0.15, 0.2) is 0 Å². The maximum Gasteiger partial charge on any atom is 0.240 e. The summed E-state index contributed by atoms with van der Waals surface area (Å²) in [5, 5.41) is 0.699. The first-order chi connectivity index (χ1) is 8.90. The molecule has 0 radical (unpaired) electrons.